The van der Waals surface area contributed by atoms with Gasteiger partial charge in [-0.1, -0.05) is 16.8 Å². The number of benzene rings is 1. The summed E-state index contributed by atoms with van der Waals surface area (Å²) in [5.41, 5.74) is 1.17. The number of hydrogen-bond acceptors (Lipinski definition) is 5. The third kappa shape index (κ3) is 2.57. The lowest BCUT2D eigenvalue weighted by Crippen LogP contribution is -2.06. The average molecular weight is 268 g/mol. The molecule has 0 saturated carbocycles. The molecule has 1 heterocycles. The molecule has 0 spiro atoms. The SMILES string of the molecule is Cn1nncc1CNc1ccc(Cl)cc1[N+](=O)[O-]. The number of anilines is 1. The molecular formula is C10H10ClN5O2. The zero-order chi connectivity index (χ0) is 13.1. The summed E-state index contributed by atoms with van der Waals surface area (Å²) in [4.78, 5) is 10.4. The Hall–Kier alpha value is -2.15. The minimum atomic E-state index is -0.476. The van der Waals surface area contributed by atoms with Crippen LogP contribution < -0.4 is 5.32 Å². The minimum absolute atomic E-state index is 0.0578. The summed E-state index contributed by atoms with van der Waals surface area (Å²) in [6.07, 6.45) is 1.59. The highest BCUT2D eigenvalue weighted by atomic mass is 35.5. The molecule has 0 aliphatic heterocycles. The van der Waals surface area contributed by atoms with Gasteiger partial charge in [0.25, 0.3) is 5.69 Å². The van der Waals surface area contributed by atoms with Gasteiger partial charge in [0.2, 0.25) is 0 Å². The Morgan fingerprint density at radius 2 is 2.33 bits per heavy atom. The van der Waals surface area contributed by atoms with Gasteiger partial charge in [0.1, 0.15) is 5.69 Å². The van der Waals surface area contributed by atoms with Gasteiger partial charge in [-0.25, -0.2) is 0 Å². The number of nitro groups is 1. The van der Waals surface area contributed by atoms with E-state index in [9.17, 15) is 10.1 Å². The molecule has 18 heavy (non-hydrogen) atoms. The molecule has 0 bridgehead atoms. The van der Waals surface area contributed by atoms with Crippen molar-refractivity contribution in [2.24, 2.45) is 7.05 Å². The van der Waals surface area contributed by atoms with Gasteiger partial charge in [-0.15, -0.1) is 5.10 Å². The number of aryl methyl sites for hydroxylation is 1. The predicted octanol–water partition coefficient (Wildman–Crippen LogP) is 1.99. The predicted molar refractivity (Wildman–Crippen MR) is 66.4 cm³/mol. The fraction of sp³-hybridized carbons (Fsp3) is 0.200. The maximum absolute atomic E-state index is 10.9. The first kappa shape index (κ1) is 12.3. The molecule has 8 heteroatoms. The van der Waals surface area contributed by atoms with Gasteiger partial charge in [-0.3, -0.25) is 14.8 Å². The molecule has 0 saturated heterocycles. The minimum Gasteiger partial charge on any atom is -0.374 e. The topological polar surface area (TPSA) is 85.9 Å². The van der Waals surface area contributed by atoms with E-state index < -0.39 is 4.92 Å². The molecule has 2 rings (SSSR count). The Labute approximate surface area is 108 Å². The quantitative estimate of drug-likeness (QED) is 0.676. The Morgan fingerprint density at radius 1 is 1.56 bits per heavy atom. The maximum atomic E-state index is 10.9. The summed E-state index contributed by atoms with van der Waals surface area (Å²) in [6.45, 7) is 0.395. The van der Waals surface area contributed by atoms with E-state index in [-0.39, 0.29) is 5.69 Å². The summed E-state index contributed by atoms with van der Waals surface area (Å²) in [6, 6.07) is 4.48. The first-order valence-corrected chi connectivity index (χ1v) is 5.47. The van der Waals surface area contributed by atoms with Crippen molar-refractivity contribution in [3.05, 3.63) is 45.2 Å². The number of halogens is 1. The van der Waals surface area contributed by atoms with Crippen molar-refractivity contribution in [3.63, 3.8) is 0 Å². The van der Waals surface area contributed by atoms with Crippen LogP contribution in [0.15, 0.2) is 24.4 Å². The van der Waals surface area contributed by atoms with Crippen LogP contribution in [0.4, 0.5) is 11.4 Å². The van der Waals surface area contributed by atoms with Gasteiger partial charge in [-0.2, -0.15) is 0 Å². The van der Waals surface area contributed by atoms with Crippen molar-refractivity contribution in [2.75, 3.05) is 5.32 Å². The van der Waals surface area contributed by atoms with E-state index in [0.717, 1.165) is 5.69 Å². The number of nitro benzene ring substituents is 1. The van der Waals surface area contributed by atoms with Crippen molar-refractivity contribution in [1.29, 1.82) is 0 Å². The Morgan fingerprint density at radius 3 is 2.94 bits per heavy atom. The molecule has 1 aromatic heterocycles. The zero-order valence-electron chi connectivity index (χ0n) is 9.50. The van der Waals surface area contributed by atoms with Crippen molar-refractivity contribution in [2.45, 2.75) is 6.54 Å². The van der Waals surface area contributed by atoms with Gasteiger partial charge >= 0.3 is 0 Å². The van der Waals surface area contributed by atoms with Gasteiger partial charge in [-0.05, 0) is 12.1 Å². The van der Waals surface area contributed by atoms with Gasteiger partial charge < -0.3 is 5.32 Å². The van der Waals surface area contributed by atoms with Crippen LogP contribution in [0.1, 0.15) is 5.69 Å². The molecule has 0 radical (unpaired) electrons. The molecular weight excluding hydrogens is 258 g/mol. The van der Waals surface area contributed by atoms with E-state index in [0.29, 0.717) is 17.3 Å². The fourth-order valence-corrected chi connectivity index (χ4v) is 1.63. The molecule has 0 aliphatic carbocycles. The molecule has 2 aromatic rings. The Balaban J connectivity index is 2.19. The summed E-state index contributed by atoms with van der Waals surface area (Å²) in [7, 11) is 1.75. The van der Waals surface area contributed by atoms with Crippen LogP contribution in [0.2, 0.25) is 5.02 Å². The summed E-state index contributed by atoms with van der Waals surface area (Å²) in [5.74, 6) is 0. The van der Waals surface area contributed by atoms with E-state index in [2.05, 4.69) is 15.6 Å². The number of nitrogens with zero attached hydrogens (tertiary/aromatic N) is 4. The third-order valence-corrected chi connectivity index (χ3v) is 2.66. The smallest absolute Gasteiger partial charge is 0.293 e. The summed E-state index contributed by atoms with van der Waals surface area (Å²) >= 11 is 5.73. The van der Waals surface area contributed by atoms with Crippen LogP contribution in [-0.2, 0) is 13.6 Å². The second-order valence-electron chi connectivity index (χ2n) is 3.62. The molecule has 0 atom stereocenters. The standard InChI is InChI=1S/C10H10ClN5O2/c1-15-8(6-13-14-15)5-12-9-3-2-7(11)4-10(9)16(17)18/h2-4,6,12H,5H2,1H3. The highest BCUT2D eigenvalue weighted by molar-refractivity contribution is 6.30. The molecule has 94 valence electrons. The number of hydrogen-bond donors (Lipinski definition) is 1. The largest absolute Gasteiger partial charge is 0.374 e. The molecule has 7 nitrogen and oxygen atoms in total. The van der Waals surface area contributed by atoms with Gasteiger partial charge in [0.05, 0.1) is 23.4 Å². The lowest BCUT2D eigenvalue weighted by molar-refractivity contribution is -0.383. The van der Waals surface area contributed by atoms with Crippen LogP contribution in [0.25, 0.3) is 0 Å². The van der Waals surface area contributed by atoms with E-state index in [1.54, 1.807) is 30.1 Å². The van der Waals surface area contributed by atoms with E-state index in [1.165, 1.54) is 6.07 Å². The van der Waals surface area contributed by atoms with Crippen LogP contribution in [0.3, 0.4) is 0 Å². The lowest BCUT2D eigenvalue weighted by Gasteiger charge is -2.06. The molecule has 0 amide bonds. The molecule has 0 unspecified atom stereocenters. The van der Waals surface area contributed by atoms with Crippen molar-refractivity contribution in [3.8, 4) is 0 Å². The number of nitrogens with one attached hydrogen (secondary N) is 1. The van der Waals surface area contributed by atoms with Crippen LogP contribution >= 0.6 is 11.6 Å². The zero-order valence-corrected chi connectivity index (χ0v) is 10.3. The van der Waals surface area contributed by atoms with Crippen molar-refractivity contribution < 1.29 is 4.92 Å². The third-order valence-electron chi connectivity index (χ3n) is 2.42. The van der Waals surface area contributed by atoms with Crippen LogP contribution in [0, 0.1) is 10.1 Å². The highest BCUT2D eigenvalue weighted by Crippen LogP contribution is 2.27. The van der Waals surface area contributed by atoms with Crippen LogP contribution in [-0.4, -0.2) is 19.9 Å². The molecule has 0 aliphatic rings. The van der Waals surface area contributed by atoms with Crippen LogP contribution in [0.5, 0.6) is 0 Å². The molecule has 1 aromatic carbocycles. The molecule has 0 fully saturated rings. The van der Waals surface area contributed by atoms with Crippen molar-refractivity contribution in [1.82, 2.24) is 15.0 Å². The van der Waals surface area contributed by atoms with Gasteiger partial charge in [0.15, 0.2) is 0 Å². The lowest BCUT2D eigenvalue weighted by atomic mass is 10.2. The number of rotatable bonds is 4. The van der Waals surface area contributed by atoms with Gasteiger partial charge in [0, 0.05) is 18.1 Å². The average Bonchev–Trinajstić information content (AvgIpc) is 2.73. The normalized spacial score (nSPS) is 10.3. The summed E-state index contributed by atoms with van der Waals surface area (Å²) < 4.78 is 1.59. The first-order valence-electron chi connectivity index (χ1n) is 5.09. The van der Waals surface area contributed by atoms with E-state index >= 15 is 0 Å². The first-order chi connectivity index (χ1) is 8.58. The molecule has 1 N–H and O–H groups in total. The Bertz CT molecular complexity index is 583. The monoisotopic (exact) mass is 267 g/mol. The maximum Gasteiger partial charge on any atom is 0.293 e. The summed E-state index contributed by atoms with van der Waals surface area (Å²) in [5, 5.41) is 21.7. The highest BCUT2D eigenvalue weighted by Gasteiger charge is 2.14. The second-order valence-corrected chi connectivity index (χ2v) is 4.06. The van der Waals surface area contributed by atoms with Crippen molar-refractivity contribution >= 4 is 23.0 Å². The number of aromatic nitrogens is 3. The fourth-order valence-electron chi connectivity index (χ4n) is 1.46. The van der Waals surface area contributed by atoms with E-state index in [1.807, 2.05) is 0 Å². The Kier molecular flexibility index (Phi) is 3.42. The van der Waals surface area contributed by atoms with E-state index in [4.69, 9.17) is 11.6 Å². The second kappa shape index (κ2) is 5.01.